The summed E-state index contributed by atoms with van der Waals surface area (Å²) in [6.07, 6.45) is 1.94. The molecule has 0 radical (unpaired) electrons. The molecule has 0 bridgehead atoms. The zero-order valence-corrected chi connectivity index (χ0v) is 7.83. The van der Waals surface area contributed by atoms with Crippen molar-refractivity contribution in [2.24, 2.45) is 0 Å². The molecule has 0 saturated carbocycles. The van der Waals surface area contributed by atoms with Gasteiger partial charge in [0.05, 0.1) is 6.54 Å². The Hall–Kier alpha value is -1.26. The molecule has 0 aromatic heterocycles. The Balaban J connectivity index is 3.11. The van der Waals surface area contributed by atoms with Crippen LogP contribution >= 0.6 is 0 Å². The molecule has 1 aromatic rings. The Morgan fingerprint density at radius 2 is 2.43 bits per heavy atom. The first kappa shape index (κ1) is 4.51. The van der Waals surface area contributed by atoms with Crippen LogP contribution in [0.2, 0.25) is 0 Å². The molecule has 0 aliphatic rings. The van der Waals surface area contributed by atoms with E-state index in [-0.39, 0.29) is 13.0 Å². The first-order valence-corrected chi connectivity index (χ1v) is 4.36. The van der Waals surface area contributed by atoms with E-state index in [1.165, 1.54) is 0 Å². The summed E-state index contributed by atoms with van der Waals surface area (Å²) < 4.78 is 52.3. The van der Waals surface area contributed by atoms with Gasteiger partial charge < -0.3 is 0 Å². The second-order valence-electron chi connectivity index (χ2n) is 3.01. The molecule has 0 aliphatic heterocycles. The van der Waals surface area contributed by atoms with Gasteiger partial charge in [-0.2, -0.15) is 0 Å². The minimum atomic E-state index is -2.59. The van der Waals surface area contributed by atoms with Crippen LogP contribution in [0.5, 0.6) is 0 Å². The summed E-state index contributed by atoms with van der Waals surface area (Å²) in [5.41, 5.74) is 0.742. The molecule has 0 unspecified atom stereocenters. The fourth-order valence-electron chi connectivity index (χ4n) is 1.14. The van der Waals surface area contributed by atoms with Crippen molar-refractivity contribution < 1.29 is 9.60 Å². The maximum absolute atomic E-state index is 7.63. The van der Waals surface area contributed by atoms with Crippen molar-refractivity contribution in [3.8, 4) is 12.3 Å². The van der Waals surface area contributed by atoms with Crippen molar-refractivity contribution >= 4 is 0 Å². The van der Waals surface area contributed by atoms with Crippen LogP contribution in [-0.4, -0.2) is 24.5 Å². The summed E-state index contributed by atoms with van der Waals surface area (Å²) in [6, 6.07) is 7.68. The molecule has 0 aliphatic carbocycles. The average Bonchev–Trinajstić information content (AvgIpc) is 2.36. The van der Waals surface area contributed by atoms with Crippen molar-refractivity contribution in [3.63, 3.8) is 0 Å². The summed E-state index contributed by atoms with van der Waals surface area (Å²) in [5.74, 6) is 2.33. The van der Waals surface area contributed by atoms with Crippen LogP contribution in [0.15, 0.2) is 30.3 Å². The quantitative estimate of drug-likeness (QED) is 0.664. The van der Waals surface area contributed by atoms with E-state index in [1.807, 2.05) is 6.40 Å². The third-order valence-electron chi connectivity index (χ3n) is 1.90. The van der Waals surface area contributed by atoms with Crippen LogP contribution in [0.3, 0.4) is 0 Å². The molecule has 1 atom stereocenters. The largest absolute Gasteiger partial charge is 0.292 e. The molecule has 74 valence electrons. The third-order valence-corrected chi connectivity index (χ3v) is 1.90. The maximum Gasteiger partial charge on any atom is 0.124 e. The molecule has 1 aromatic carbocycles. The zero-order chi connectivity index (χ0) is 16.1. The van der Waals surface area contributed by atoms with E-state index in [0.29, 0.717) is 0 Å². The number of hydrogen-bond donors (Lipinski definition) is 0. The van der Waals surface area contributed by atoms with E-state index < -0.39 is 19.9 Å². The summed E-state index contributed by atoms with van der Waals surface area (Å²) in [6.45, 7) is -5.33. The highest BCUT2D eigenvalue weighted by Crippen LogP contribution is 2.06. The van der Waals surface area contributed by atoms with Crippen LogP contribution < -0.4 is 0 Å². The van der Waals surface area contributed by atoms with Gasteiger partial charge in [-0.15, -0.1) is 6.40 Å². The molecule has 0 N–H and O–H groups in total. The molecule has 14 heavy (non-hydrogen) atoms. The first-order valence-electron chi connectivity index (χ1n) is 7.86. The number of hydrogen-bond acceptors (Lipinski definition) is 1. The molecule has 0 fully saturated rings. The minimum absolute atomic E-state index is 0.0788. The van der Waals surface area contributed by atoms with E-state index in [4.69, 9.17) is 9.60 Å². The molecule has 1 rings (SSSR count). The van der Waals surface area contributed by atoms with Gasteiger partial charge in [-0.25, -0.2) is 0 Å². The van der Waals surface area contributed by atoms with Gasteiger partial charge in [0, 0.05) is 14.3 Å². The van der Waals surface area contributed by atoms with Gasteiger partial charge in [-0.3, -0.25) is 4.90 Å². The highest BCUT2D eigenvalue weighted by molar-refractivity contribution is 5.15. The van der Waals surface area contributed by atoms with Crippen LogP contribution in [-0.2, 0) is 6.42 Å². The number of benzene rings is 1. The highest BCUT2D eigenvalue weighted by Gasteiger charge is 2.07. The normalized spacial score (nSPS) is 21.1. The lowest BCUT2D eigenvalue weighted by Crippen LogP contribution is -2.31. The average molecular weight is 194 g/mol. The fraction of sp³-hybridized carbons (Fsp3) is 0.385. The lowest BCUT2D eigenvalue weighted by atomic mass is 10.1. The van der Waals surface area contributed by atoms with Crippen molar-refractivity contribution in [3.05, 3.63) is 35.9 Å². The highest BCUT2D eigenvalue weighted by atomic mass is 15.1. The Kier molecular flexibility index (Phi) is 1.76. The van der Waals surface area contributed by atoms with Crippen LogP contribution in [0, 0.1) is 12.3 Å². The fourth-order valence-corrected chi connectivity index (χ4v) is 1.14. The molecule has 1 heteroatoms. The van der Waals surface area contributed by atoms with Gasteiger partial charge in [0.25, 0.3) is 0 Å². The lowest BCUT2D eigenvalue weighted by molar-refractivity contribution is 0.287. The molecule has 0 heterocycles. The zero-order valence-electron chi connectivity index (χ0n) is 14.8. The van der Waals surface area contributed by atoms with Gasteiger partial charge in [0.15, 0.2) is 0 Å². The lowest BCUT2D eigenvalue weighted by Gasteiger charge is -2.22. The van der Waals surface area contributed by atoms with E-state index in [1.54, 1.807) is 30.3 Å². The van der Waals surface area contributed by atoms with Crippen molar-refractivity contribution in [1.82, 2.24) is 4.90 Å². The van der Waals surface area contributed by atoms with E-state index >= 15 is 0 Å². The van der Waals surface area contributed by atoms with Gasteiger partial charge >= 0.3 is 0 Å². The van der Waals surface area contributed by atoms with Gasteiger partial charge in [-0.05, 0) is 25.8 Å². The van der Waals surface area contributed by atoms with Gasteiger partial charge in [0.2, 0.25) is 0 Å². The molecule has 0 saturated heterocycles. The SMILES string of the molecule is [2H]C#CCN([C@@H](Cc1ccccc1)C([2H])([2H])[2H])C([2H])([2H])[2H]. The molecule has 0 spiro atoms. The minimum Gasteiger partial charge on any atom is -0.292 e. The topological polar surface area (TPSA) is 3.24 Å². The molecule has 0 amide bonds. The van der Waals surface area contributed by atoms with Crippen LogP contribution in [0.1, 0.15) is 22.0 Å². The van der Waals surface area contributed by atoms with Crippen molar-refractivity contribution in [1.29, 1.82) is 0 Å². The summed E-state index contributed by atoms with van der Waals surface area (Å²) in [5, 5.41) is 0. The predicted molar refractivity (Wildman–Crippen MR) is 61.1 cm³/mol. The predicted octanol–water partition coefficient (Wildman–Crippen LogP) is 2.18. The summed E-state index contributed by atoms with van der Waals surface area (Å²) in [7, 11) is 0. The van der Waals surface area contributed by atoms with Gasteiger partial charge in [0.1, 0.15) is 1.37 Å². The molecule has 1 nitrogen and oxygen atoms in total. The Labute approximate surface area is 96.6 Å². The maximum atomic E-state index is 7.63. The van der Waals surface area contributed by atoms with Crippen molar-refractivity contribution in [2.75, 3.05) is 13.5 Å². The van der Waals surface area contributed by atoms with Crippen LogP contribution in [0.4, 0.5) is 0 Å². The Morgan fingerprint density at radius 1 is 1.57 bits per heavy atom. The van der Waals surface area contributed by atoms with Gasteiger partial charge in [-0.1, -0.05) is 36.3 Å². The first-order chi connectivity index (χ1) is 9.66. The Morgan fingerprint density at radius 3 is 3.07 bits per heavy atom. The summed E-state index contributed by atoms with van der Waals surface area (Å²) >= 11 is 0. The second kappa shape index (κ2) is 5.47. The van der Waals surface area contributed by atoms with E-state index in [9.17, 15) is 0 Å². The molecular weight excluding hydrogens is 170 g/mol. The third kappa shape index (κ3) is 3.24. The van der Waals surface area contributed by atoms with Crippen LogP contribution in [0.25, 0.3) is 0 Å². The van der Waals surface area contributed by atoms with Crippen molar-refractivity contribution in [2.45, 2.75) is 19.3 Å². The standard InChI is InChI=1S/C13H17N/c1-4-10-14(3)12(2)11-13-8-6-5-7-9-13/h1,5-9,12H,10-11H2,2-3H3/t12-/m1/s1/i1D,2D3,3D3. The number of rotatable bonds is 4. The van der Waals surface area contributed by atoms with E-state index in [0.717, 1.165) is 10.5 Å². The Bertz CT molecular complexity index is 495. The summed E-state index contributed by atoms with van der Waals surface area (Å²) in [4.78, 5) is 0.870. The number of terminal acetylenes is 1. The second-order valence-corrected chi connectivity index (χ2v) is 3.01. The molecular formula is C13H17N. The number of likely N-dealkylation sites (N-methyl/N-ethyl adjacent to an activating group) is 1. The smallest absolute Gasteiger partial charge is 0.124 e. The number of nitrogens with zero attached hydrogens (tertiary/aromatic N) is 1. The monoisotopic (exact) mass is 194 g/mol. The van der Waals surface area contributed by atoms with E-state index in [2.05, 4.69) is 5.92 Å².